The van der Waals surface area contributed by atoms with E-state index in [0.29, 0.717) is 24.4 Å². The largest absolute Gasteiger partial charge is 0.493 e. The topological polar surface area (TPSA) is 35.5 Å². The number of Topliss-reactive ketones (excluding diaryl/α,β-unsaturated/α-hetero) is 1. The van der Waals surface area contributed by atoms with E-state index in [2.05, 4.69) is 15.9 Å². The molecule has 0 fully saturated rings. The van der Waals surface area contributed by atoms with Crippen LogP contribution in [0.5, 0.6) is 11.5 Å². The van der Waals surface area contributed by atoms with Crippen LogP contribution >= 0.6 is 15.9 Å². The number of hydrogen-bond acceptors (Lipinski definition) is 3. The van der Waals surface area contributed by atoms with Crippen molar-refractivity contribution in [2.75, 3.05) is 14.2 Å². The monoisotopic (exact) mass is 328 g/mol. The van der Waals surface area contributed by atoms with Crippen molar-refractivity contribution in [3.05, 3.63) is 22.2 Å². The number of ether oxygens (including phenoxy) is 2. The molecule has 0 radical (unpaired) electrons. The van der Waals surface area contributed by atoms with E-state index in [1.807, 2.05) is 19.1 Å². The summed E-state index contributed by atoms with van der Waals surface area (Å²) in [6.45, 7) is 2.03. The van der Waals surface area contributed by atoms with Gasteiger partial charge in [-0.05, 0) is 37.0 Å². The van der Waals surface area contributed by atoms with Crippen molar-refractivity contribution < 1.29 is 14.3 Å². The molecule has 1 aromatic carbocycles. The summed E-state index contributed by atoms with van der Waals surface area (Å²) < 4.78 is 11.5. The second kappa shape index (κ2) is 8.20. The molecule has 0 bridgehead atoms. The average Bonchev–Trinajstić information content (AvgIpc) is 2.40. The van der Waals surface area contributed by atoms with E-state index in [0.717, 1.165) is 35.0 Å². The lowest BCUT2D eigenvalue weighted by Gasteiger charge is -2.11. The highest BCUT2D eigenvalue weighted by molar-refractivity contribution is 9.10. The maximum Gasteiger partial charge on any atom is 0.161 e. The predicted molar refractivity (Wildman–Crippen MR) is 80.1 cm³/mol. The maximum absolute atomic E-state index is 11.5. The fourth-order valence-electron chi connectivity index (χ4n) is 1.97. The van der Waals surface area contributed by atoms with Crippen molar-refractivity contribution in [3.63, 3.8) is 0 Å². The number of methoxy groups -OCH3 is 2. The van der Waals surface area contributed by atoms with Crippen LogP contribution in [-0.4, -0.2) is 20.0 Å². The van der Waals surface area contributed by atoms with Crippen molar-refractivity contribution in [1.82, 2.24) is 0 Å². The van der Waals surface area contributed by atoms with Gasteiger partial charge in [0.2, 0.25) is 0 Å². The van der Waals surface area contributed by atoms with Gasteiger partial charge in [0.15, 0.2) is 11.5 Å². The van der Waals surface area contributed by atoms with Crippen molar-refractivity contribution in [2.45, 2.75) is 39.0 Å². The molecule has 0 heterocycles. The van der Waals surface area contributed by atoms with Gasteiger partial charge in [-0.2, -0.15) is 0 Å². The Morgan fingerprint density at radius 2 is 1.79 bits per heavy atom. The van der Waals surface area contributed by atoms with Crippen LogP contribution in [0.4, 0.5) is 0 Å². The molecule has 0 aliphatic carbocycles. The van der Waals surface area contributed by atoms with Gasteiger partial charge < -0.3 is 9.47 Å². The Labute approximate surface area is 123 Å². The third kappa shape index (κ3) is 4.86. The molecular formula is C15H21BrO3. The van der Waals surface area contributed by atoms with E-state index in [4.69, 9.17) is 9.47 Å². The average molecular weight is 329 g/mol. The van der Waals surface area contributed by atoms with E-state index in [9.17, 15) is 4.79 Å². The van der Waals surface area contributed by atoms with Gasteiger partial charge in [-0.3, -0.25) is 4.79 Å². The number of ketones is 1. The van der Waals surface area contributed by atoms with Gasteiger partial charge in [0.1, 0.15) is 5.78 Å². The van der Waals surface area contributed by atoms with Gasteiger partial charge in [-0.1, -0.05) is 22.9 Å². The Kier molecular flexibility index (Phi) is 6.92. The molecule has 0 amide bonds. The van der Waals surface area contributed by atoms with Crippen LogP contribution in [-0.2, 0) is 11.2 Å². The highest BCUT2D eigenvalue weighted by Gasteiger charge is 2.10. The third-order valence-electron chi connectivity index (χ3n) is 2.98. The summed E-state index contributed by atoms with van der Waals surface area (Å²) in [5.74, 6) is 1.78. The summed E-state index contributed by atoms with van der Waals surface area (Å²) in [5, 5.41) is 0. The molecule has 4 heteroatoms. The SMILES string of the molecule is CCCC(=O)CCCc1cc(OC)c(OC)cc1Br. The standard InChI is InChI=1S/C15H21BrO3/c1-4-6-12(17)8-5-7-11-9-14(18-2)15(19-3)10-13(11)16/h9-10H,4-8H2,1-3H3. The van der Waals surface area contributed by atoms with Crippen LogP contribution in [0.3, 0.4) is 0 Å². The fourth-order valence-corrected chi connectivity index (χ4v) is 2.49. The van der Waals surface area contributed by atoms with Gasteiger partial charge >= 0.3 is 0 Å². The molecule has 106 valence electrons. The second-order valence-corrected chi connectivity index (χ2v) is 5.30. The lowest BCUT2D eigenvalue weighted by Crippen LogP contribution is -1.99. The van der Waals surface area contributed by atoms with Crippen LogP contribution in [0.2, 0.25) is 0 Å². The van der Waals surface area contributed by atoms with E-state index in [1.165, 1.54) is 0 Å². The summed E-state index contributed by atoms with van der Waals surface area (Å²) in [6.07, 6.45) is 3.99. The summed E-state index contributed by atoms with van der Waals surface area (Å²) in [5.41, 5.74) is 1.14. The third-order valence-corrected chi connectivity index (χ3v) is 3.72. The lowest BCUT2D eigenvalue weighted by atomic mass is 10.0. The van der Waals surface area contributed by atoms with Crippen LogP contribution in [0.25, 0.3) is 0 Å². The summed E-state index contributed by atoms with van der Waals surface area (Å²) in [4.78, 5) is 11.5. The van der Waals surface area contributed by atoms with Gasteiger partial charge in [-0.25, -0.2) is 0 Å². The molecule has 0 saturated heterocycles. The Bertz CT molecular complexity index is 430. The molecular weight excluding hydrogens is 308 g/mol. The molecule has 1 rings (SSSR count). The quantitative estimate of drug-likeness (QED) is 0.718. The number of carbonyl (C=O) groups excluding carboxylic acids is 1. The smallest absolute Gasteiger partial charge is 0.161 e. The van der Waals surface area contributed by atoms with Gasteiger partial charge in [0.05, 0.1) is 14.2 Å². The molecule has 0 aliphatic heterocycles. The minimum absolute atomic E-state index is 0.346. The molecule has 0 aromatic heterocycles. The van der Waals surface area contributed by atoms with Crippen LogP contribution < -0.4 is 9.47 Å². The number of aryl methyl sites for hydroxylation is 1. The molecule has 19 heavy (non-hydrogen) atoms. The lowest BCUT2D eigenvalue weighted by molar-refractivity contribution is -0.119. The van der Waals surface area contributed by atoms with Crippen molar-refractivity contribution >= 4 is 21.7 Å². The van der Waals surface area contributed by atoms with E-state index in [1.54, 1.807) is 14.2 Å². The zero-order chi connectivity index (χ0) is 14.3. The first kappa shape index (κ1) is 16.0. The van der Waals surface area contributed by atoms with Gasteiger partial charge in [-0.15, -0.1) is 0 Å². The Morgan fingerprint density at radius 1 is 1.16 bits per heavy atom. The first-order valence-corrected chi connectivity index (χ1v) is 7.33. The summed E-state index contributed by atoms with van der Waals surface area (Å²) in [7, 11) is 3.24. The molecule has 0 N–H and O–H groups in total. The Hall–Kier alpha value is -1.03. The molecule has 0 aliphatic rings. The summed E-state index contributed by atoms with van der Waals surface area (Å²) >= 11 is 3.53. The van der Waals surface area contributed by atoms with Crippen LogP contribution in [0.1, 0.15) is 38.2 Å². The molecule has 0 saturated carbocycles. The predicted octanol–water partition coefficient (Wildman–Crippen LogP) is 4.16. The molecule has 0 spiro atoms. The van der Waals surface area contributed by atoms with Gasteiger partial charge in [0.25, 0.3) is 0 Å². The zero-order valence-corrected chi connectivity index (χ0v) is 13.4. The number of carbonyl (C=O) groups is 1. The van der Waals surface area contributed by atoms with E-state index < -0.39 is 0 Å². The highest BCUT2D eigenvalue weighted by atomic mass is 79.9. The van der Waals surface area contributed by atoms with Gasteiger partial charge in [0, 0.05) is 17.3 Å². The Balaban J connectivity index is 2.65. The number of rotatable bonds is 8. The number of halogens is 1. The number of benzene rings is 1. The van der Waals surface area contributed by atoms with Crippen molar-refractivity contribution in [3.8, 4) is 11.5 Å². The maximum atomic E-state index is 11.5. The highest BCUT2D eigenvalue weighted by Crippen LogP contribution is 2.33. The first-order valence-electron chi connectivity index (χ1n) is 6.54. The minimum Gasteiger partial charge on any atom is -0.493 e. The first-order chi connectivity index (χ1) is 9.12. The van der Waals surface area contributed by atoms with E-state index in [-0.39, 0.29) is 0 Å². The molecule has 3 nitrogen and oxygen atoms in total. The van der Waals surface area contributed by atoms with Crippen molar-refractivity contribution in [1.29, 1.82) is 0 Å². The minimum atomic E-state index is 0.346. The molecule has 1 aromatic rings. The van der Waals surface area contributed by atoms with Crippen molar-refractivity contribution in [2.24, 2.45) is 0 Å². The fraction of sp³-hybridized carbons (Fsp3) is 0.533. The van der Waals surface area contributed by atoms with Crippen LogP contribution in [0.15, 0.2) is 16.6 Å². The molecule has 0 atom stereocenters. The van der Waals surface area contributed by atoms with Crippen LogP contribution in [0, 0.1) is 0 Å². The number of hydrogen-bond donors (Lipinski definition) is 0. The second-order valence-electron chi connectivity index (χ2n) is 4.44. The Morgan fingerprint density at radius 3 is 2.37 bits per heavy atom. The van der Waals surface area contributed by atoms with E-state index >= 15 is 0 Å². The summed E-state index contributed by atoms with van der Waals surface area (Å²) in [6, 6.07) is 3.87. The molecule has 0 unspecified atom stereocenters. The normalized spacial score (nSPS) is 10.3. The zero-order valence-electron chi connectivity index (χ0n) is 11.8.